The number of benzene rings is 1. The van der Waals surface area contributed by atoms with E-state index in [1.165, 1.54) is 11.8 Å². The molecule has 3 aromatic heterocycles. The Morgan fingerprint density at radius 3 is 2.51 bits per heavy atom. The lowest BCUT2D eigenvalue weighted by atomic mass is 10.1. The van der Waals surface area contributed by atoms with E-state index in [4.69, 9.17) is 19.7 Å². The predicted molar refractivity (Wildman–Crippen MR) is 142 cm³/mol. The number of aryl methyl sites for hydroxylation is 2. The summed E-state index contributed by atoms with van der Waals surface area (Å²) in [4.78, 5) is 38.5. The van der Waals surface area contributed by atoms with Crippen LogP contribution in [0.1, 0.15) is 60.8 Å². The van der Waals surface area contributed by atoms with Gasteiger partial charge in [-0.15, -0.1) is 11.8 Å². The number of carboxylic acids is 1. The van der Waals surface area contributed by atoms with Crippen molar-refractivity contribution in [2.75, 3.05) is 12.9 Å². The average Bonchev–Trinajstić information content (AvgIpc) is 3.44. The highest BCUT2D eigenvalue weighted by atomic mass is 32.2. The molecule has 0 aliphatic rings. The van der Waals surface area contributed by atoms with Crippen LogP contribution in [-0.2, 0) is 28.9 Å². The van der Waals surface area contributed by atoms with Crippen molar-refractivity contribution in [2.24, 2.45) is 0 Å². The third-order valence-electron chi connectivity index (χ3n) is 6.02. The van der Waals surface area contributed by atoms with E-state index in [1.807, 2.05) is 57.8 Å². The zero-order valence-electron chi connectivity index (χ0n) is 21.3. The number of aromatic nitrogens is 5. The number of ether oxygens (including phenoxy) is 1. The first kappa shape index (κ1) is 26.4. The van der Waals surface area contributed by atoms with E-state index in [0.717, 1.165) is 47.7 Å². The lowest BCUT2D eigenvalue weighted by molar-refractivity contribution is -0.136. The van der Waals surface area contributed by atoms with Gasteiger partial charge in [0, 0.05) is 24.6 Å². The topological polar surface area (TPSA) is 112 Å². The average molecular weight is 522 g/mol. The molecule has 0 amide bonds. The van der Waals surface area contributed by atoms with Crippen molar-refractivity contribution in [1.82, 2.24) is 23.9 Å². The van der Waals surface area contributed by atoms with E-state index in [0.29, 0.717) is 29.5 Å². The van der Waals surface area contributed by atoms with Gasteiger partial charge in [-0.05, 0) is 25.7 Å². The summed E-state index contributed by atoms with van der Waals surface area (Å²) in [5.74, 6) is 0.0433. The molecule has 10 heteroatoms. The molecule has 1 N–H and O–H groups in total. The van der Waals surface area contributed by atoms with E-state index in [1.54, 1.807) is 6.92 Å². The number of unbranched alkanes of at least 4 members (excludes halogenated alkanes) is 1. The molecule has 0 unspecified atom stereocenters. The normalized spacial score (nSPS) is 11.2. The van der Waals surface area contributed by atoms with Gasteiger partial charge < -0.3 is 14.4 Å². The minimum absolute atomic E-state index is 0.00837. The van der Waals surface area contributed by atoms with Crippen molar-refractivity contribution in [2.45, 2.75) is 57.5 Å². The highest BCUT2D eigenvalue weighted by Crippen LogP contribution is 2.27. The van der Waals surface area contributed by atoms with E-state index in [-0.39, 0.29) is 13.0 Å². The van der Waals surface area contributed by atoms with Crippen LogP contribution in [0.25, 0.3) is 17.0 Å². The minimum atomic E-state index is -0.866. The van der Waals surface area contributed by atoms with E-state index in [2.05, 4.69) is 6.92 Å². The summed E-state index contributed by atoms with van der Waals surface area (Å²) in [5.41, 5.74) is 3.58. The maximum Gasteiger partial charge on any atom is 0.357 e. The van der Waals surface area contributed by atoms with Gasteiger partial charge in [0.15, 0.2) is 5.69 Å². The number of rotatable bonds is 12. The number of aliphatic carboxylic acids is 1. The fourth-order valence-electron chi connectivity index (χ4n) is 4.27. The van der Waals surface area contributed by atoms with E-state index >= 15 is 0 Å². The van der Waals surface area contributed by atoms with Gasteiger partial charge in [-0.2, -0.15) is 0 Å². The first-order valence-electron chi connectivity index (χ1n) is 12.4. The Labute approximate surface area is 219 Å². The van der Waals surface area contributed by atoms with Crippen LogP contribution in [0.2, 0.25) is 0 Å². The van der Waals surface area contributed by atoms with Gasteiger partial charge in [0.2, 0.25) is 5.78 Å². The molecule has 1 aromatic carbocycles. The van der Waals surface area contributed by atoms with Crippen LogP contribution in [0.3, 0.4) is 0 Å². The van der Waals surface area contributed by atoms with Crippen molar-refractivity contribution in [3.05, 3.63) is 65.5 Å². The van der Waals surface area contributed by atoms with Crippen LogP contribution in [0.15, 0.2) is 47.6 Å². The number of nitrogens with zero attached hydrogens (tertiary/aromatic N) is 5. The number of imidazole rings is 2. The number of thioether (sulfide) groups is 1. The number of esters is 1. The lowest BCUT2D eigenvalue weighted by Gasteiger charge is -2.12. The Morgan fingerprint density at radius 1 is 1.05 bits per heavy atom. The molecule has 194 valence electrons. The summed E-state index contributed by atoms with van der Waals surface area (Å²) >= 11 is 1.42. The number of carbonyl (C=O) groups is 2. The molecule has 0 fully saturated rings. The van der Waals surface area contributed by atoms with Crippen LogP contribution in [0, 0.1) is 0 Å². The molecule has 9 nitrogen and oxygen atoms in total. The van der Waals surface area contributed by atoms with Crippen LogP contribution in [0.5, 0.6) is 0 Å². The molecule has 0 atom stereocenters. The molecular weight excluding hydrogens is 490 g/mol. The molecule has 37 heavy (non-hydrogen) atoms. The number of carbonyl (C=O) groups excluding carboxylic acids is 1. The van der Waals surface area contributed by atoms with Gasteiger partial charge in [0.25, 0.3) is 0 Å². The number of carboxylic acid groups (broad SMARTS) is 1. The lowest BCUT2D eigenvalue weighted by Crippen LogP contribution is -2.16. The molecular formula is C27H31N5O4S. The maximum absolute atomic E-state index is 12.9. The van der Waals surface area contributed by atoms with Gasteiger partial charge in [-0.25, -0.2) is 19.7 Å². The first-order chi connectivity index (χ1) is 18.0. The molecule has 0 saturated carbocycles. The molecule has 0 aliphatic heterocycles. The van der Waals surface area contributed by atoms with Gasteiger partial charge in [-0.3, -0.25) is 9.20 Å². The van der Waals surface area contributed by atoms with Crippen LogP contribution in [-0.4, -0.2) is 53.8 Å². The second kappa shape index (κ2) is 12.1. The van der Waals surface area contributed by atoms with Crippen molar-refractivity contribution < 1.29 is 19.4 Å². The van der Waals surface area contributed by atoms with Crippen LogP contribution in [0.4, 0.5) is 0 Å². The minimum Gasteiger partial charge on any atom is -0.481 e. The van der Waals surface area contributed by atoms with E-state index in [9.17, 15) is 14.7 Å². The third-order valence-corrected chi connectivity index (χ3v) is 6.70. The SMILES string of the molecule is CCCCc1nc(SC)c(C(=O)OCC)n1Cc1ccn2c(CCC(=O)O)c(-c3ccccc3)nc2n1. The first-order valence-corrected chi connectivity index (χ1v) is 13.6. The standard InChI is InChI=1S/C27H31N5O4S/c1-4-6-12-21-29-25(37-3)24(26(35)36-5-2)32(21)17-19-15-16-31-20(13-14-22(33)34)23(30-27(31)28-19)18-10-8-7-9-11-18/h7-11,15-16H,4-6,12-14,17H2,1-3H3,(H,33,34). The maximum atomic E-state index is 12.9. The number of hydrogen-bond acceptors (Lipinski definition) is 7. The highest BCUT2D eigenvalue weighted by Gasteiger charge is 2.24. The molecule has 0 bridgehead atoms. The highest BCUT2D eigenvalue weighted by molar-refractivity contribution is 7.98. The van der Waals surface area contributed by atoms with Crippen LogP contribution < -0.4 is 0 Å². The summed E-state index contributed by atoms with van der Waals surface area (Å²) in [6.45, 7) is 4.53. The Morgan fingerprint density at radius 2 is 1.84 bits per heavy atom. The van der Waals surface area contributed by atoms with Crippen LogP contribution >= 0.6 is 11.8 Å². The predicted octanol–water partition coefficient (Wildman–Crippen LogP) is 4.90. The van der Waals surface area contributed by atoms with Crippen molar-refractivity contribution >= 4 is 29.5 Å². The monoisotopic (exact) mass is 521 g/mol. The zero-order chi connectivity index (χ0) is 26.4. The Bertz CT molecular complexity index is 1400. The summed E-state index contributed by atoms with van der Waals surface area (Å²) < 4.78 is 9.11. The quantitative estimate of drug-likeness (QED) is 0.207. The third kappa shape index (κ3) is 5.85. The molecule has 0 saturated heterocycles. The fraction of sp³-hybridized carbons (Fsp3) is 0.370. The van der Waals surface area contributed by atoms with Crippen molar-refractivity contribution in [3.63, 3.8) is 0 Å². The van der Waals surface area contributed by atoms with Gasteiger partial charge in [-0.1, -0.05) is 43.7 Å². The number of hydrogen-bond donors (Lipinski definition) is 1. The smallest absolute Gasteiger partial charge is 0.357 e. The summed E-state index contributed by atoms with van der Waals surface area (Å²) in [5, 5.41) is 9.93. The molecule has 4 rings (SSSR count). The molecule has 0 radical (unpaired) electrons. The Kier molecular flexibility index (Phi) is 8.60. The van der Waals surface area contributed by atoms with Crippen molar-refractivity contribution in [3.8, 4) is 11.3 Å². The summed E-state index contributed by atoms with van der Waals surface area (Å²) in [6, 6.07) is 11.6. The summed E-state index contributed by atoms with van der Waals surface area (Å²) in [7, 11) is 0. The molecule has 3 heterocycles. The fourth-order valence-corrected chi connectivity index (χ4v) is 4.85. The second-order valence-electron chi connectivity index (χ2n) is 8.55. The zero-order valence-corrected chi connectivity index (χ0v) is 22.1. The number of fused-ring (bicyclic) bond motifs is 1. The second-order valence-corrected chi connectivity index (χ2v) is 9.35. The van der Waals surface area contributed by atoms with Gasteiger partial charge in [0.1, 0.15) is 10.9 Å². The summed E-state index contributed by atoms with van der Waals surface area (Å²) in [6.07, 6.45) is 6.80. The molecule has 0 spiro atoms. The Balaban J connectivity index is 1.78. The molecule has 4 aromatic rings. The Hall–Kier alpha value is -3.66. The van der Waals surface area contributed by atoms with Gasteiger partial charge in [0.05, 0.1) is 36.7 Å². The van der Waals surface area contributed by atoms with E-state index < -0.39 is 11.9 Å². The largest absolute Gasteiger partial charge is 0.481 e. The van der Waals surface area contributed by atoms with Gasteiger partial charge >= 0.3 is 11.9 Å². The van der Waals surface area contributed by atoms with Crippen molar-refractivity contribution in [1.29, 1.82) is 0 Å². The molecule has 0 aliphatic carbocycles.